The zero-order valence-electron chi connectivity index (χ0n) is 15.2. The zero-order valence-corrected chi connectivity index (χ0v) is 15.2. The summed E-state index contributed by atoms with van der Waals surface area (Å²) >= 11 is 0. The molecule has 2 aromatic rings. The van der Waals surface area contributed by atoms with Gasteiger partial charge in [-0.2, -0.15) is 14.6 Å². The monoisotopic (exact) mass is 355 g/mol. The number of piperazine rings is 1. The van der Waals surface area contributed by atoms with Crippen LogP contribution >= 0.6 is 0 Å². The molecule has 1 unspecified atom stereocenters. The van der Waals surface area contributed by atoms with Crippen LogP contribution in [0.5, 0.6) is 0 Å². The van der Waals surface area contributed by atoms with Crippen LogP contribution in [0.4, 0.5) is 5.82 Å². The summed E-state index contributed by atoms with van der Waals surface area (Å²) in [6, 6.07) is 2.05. The molecule has 3 aliphatic rings. The van der Waals surface area contributed by atoms with Gasteiger partial charge in [-0.3, -0.25) is 4.79 Å². The second kappa shape index (κ2) is 5.90. The third-order valence-corrected chi connectivity index (χ3v) is 6.36. The van der Waals surface area contributed by atoms with Gasteiger partial charge in [0.1, 0.15) is 12.1 Å². The largest absolute Gasteiger partial charge is 0.353 e. The molecule has 8 heteroatoms. The number of hydrogen-bond donors (Lipinski definition) is 1. The van der Waals surface area contributed by atoms with Crippen molar-refractivity contribution >= 4 is 17.5 Å². The molecule has 2 aliphatic heterocycles. The lowest BCUT2D eigenvalue weighted by Gasteiger charge is -2.36. The van der Waals surface area contributed by atoms with E-state index in [1.165, 1.54) is 6.33 Å². The molecule has 2 saturated heterocycles. The average molecular weight is 355 g/mol. The fourth-order valence-corrected chi connectivity index (χ4v) is 4.69. The van der Waals surface area contributed by atoms with Crippen molar-refractivity contribution in [2.45, 2.75) is 26.2 Å². The van der Waals surface area contributed by atoms with Crippen LogP contribution in [-0.2, 0) is 4.79 Å². The molecule has 3 fully saturated rings. The van der Waals surface area contributed by atoms with Gasteiger partial charge in [0.05, 0.1) is 0 Å². The summed E-state index contributed by atoms with van der Waals surface area (Å²) in [5, 5.41) is 7.71. The molecular formula is C18H25N7O. The Morgan fingerprint density at radius 3 is 2.77 bits per heavy atom. The van der Waals surface area contributed by atoms with E-state index in [1.807, 2.05) is 13.0 Å². The topological polar surface area (TPSA) is 78.7 Å². The molecule has 0 bridgehead atoms. The summed E-state index contributed by atoms with van der Waals surface area (Å²) in [6.45, 7) is 7.31. The Kier molecular flexibility index (Phi) is 3.63. The molecule has 1 aliphatic carbocycles. The average Bonchev–Trinajstić information content (AvgIpc) is 3.13. The molecule has 1 amide bonds. The van der Waals surface area contributed by atoms with Crippen molar-refractivity contribution in [3.8, 4) is 0 Å². The molecule has 0 radical (unpaired) electrons. The number of aromatic nitrogens is 4. The molecule has 2 aromatic heterocycles. The number of piperidine rings is 1. The van der Waals surface area contributed by atoms with E-state index in [9.17, 15) is 4.79 Å². The van der Waals surface area contributed by atoms with Gasteiger partial charge in [-0.1, -0.05) is 0 Å². The number of carbonyl (C=O) groups is 1. The number of amides is 1. The number of fused-ring (bicyclic) bond motifs is 1. The van der Waals surface area contributed by atoms with E-state index in [1.54, 1.807) is 4.52 Å². The quantitative estimate of drug-likeness (QED) is 0.844. The fraction of sp³-hybridized carbons (Fsp3) is 0.667. The molecular weight excluding hydrogens is 330 g/mol. The Morgan fingerprint density at radius 1 is 1.23 bits per heavy atom. The first kappa shape index (κ1) is 16.0. The van der Waals surface area contributed by atoms with Crippen LogP contribution in [0.3, 0.4) is 0 Å². The second-order valence-electron chi connectivity index (χ2n) is 7.91. The number of nitrogens with zero attached hydrogens (tertiary/aromatic N) is 6. The predicted octanol–water partition coefficient (Wildman–Crippen LogP) is 0.471. The standard InChI is InChI=1S/C18H25N7O/c1-13-10-15(25-17(22-13)20-12-21-25)23-6-8-24(9-7-23)16(26)14-11-18(14)2-4-19-5-3-18/h10,12,14,19H,2-9,11H2,1H3. The highest BCUT2D eigenvalue weighted by atomic mass is 16.2. The van der Waals surface area contributed by atoms with Gasteiger partial charge in [-0.15, -0.1) is 0 Å². The first-order valence-electron chi connectivity index (χ1n) is 9.58. The molecule has 1 saturated carbocycles. The van der Waals surface area contributed by atoms with Crippen LogP contribution in [0.1, 0.15) is 25.0 Å². The molecule has 0 aromatic carbocycles. The minimum atomic E-state index is 0.265. The molecule has 138 valence electrons. The Balaban J connectivity index is 1.26. The fourth-order valence-electron chi connectivity index (χ4n) is 4.69. The van der Waals surface area contributed by atoms with Crippen molar-refractivity contribution in [1.29, 1.82) is 0 Å². The van der Waals surface area contributed by atoms with E-state index >= 15 is 0 Å². The van der Waals surface area contributed by atoms with Crippen LogP contribution in [0.2, 0.25) is 0 Å². The van der Waals surface area contributed by atoms with Crippen molar-refractivity contribution in [1.82, 2.24) is 29.8 Å². The summed E-state index contributed by atoms with van der Waals surface area (Å²) in [6.07, 6.45) is 4.95. The lowest BCUT2D eigenvalue weighted by atomic mass is 9.91. The number of hydrogen-bond acceptors (Lipinski definition) is 6. The van der Waals surface area contributed by atoms with Gasteiger partial charge >= 0.3 is 0 Å². The van der Waals surface area contributed by atoms with E-state index in [0.29, 0.717) is 17.1 Å². The third kappa shape index (κ3) is 2.55. The molecule has 26 heavy (non-hydrogen) atoms. The maximum Gasteiger partial charge on any atom is 0.254 e. The van der Waals surface area contributed by atoms with Crippen molar-refractivity contribution < 1.29 is 4.79 Å². The van der Waals surface area contributed by atoms with Crippen molar-refractivity contribution in [3.63, 3.8) is 0 Å². The Labute approximate surface area is 152 Å². The number of rotatable bonds is 2. The lowest BCUT2D eigenvalue weighted by molar-refractivity contribution is -0.133. The van der Waals surface area contributed by atoms with Crippen molar-refractivity contribution in [2.24, 2.45) is 11.3 Å². The summed E-state index contributed by atoms with van der Waals surface area (Å²) in [5.41, 5.74) is 1.25. The molecule has 4 heterocycles. The van der Waals surface area contributed by atoms with Gasteiger partial charge < -0.3 is 15.1 Å². The Bertz CT molecular complexity index is 833. The summed E-state index contributed by atoms with van der Waals surface area (Å²) in [5.74, 6) is 2.28. The SMILES string of the molecule is Cc1cc(N2CCN(C(=O)C3CC34CCNCC4)CC2)n2ncnc2n1. The molecule has 5 rings (SSSR count). The van der Waals surface area contributed by atoms with Crippen LogP contribution in [0.25, 0.3) is 5.78 Å². The predicted molar refractivity (Wildman–Crippen MR) is 97.0 cm³/mol. The van der Waals surface area contributed by atoms with Gasteiger partial charge in [-0.05, 0) is 44.7 Å². The first-order chi connectivity index (χ1) is 12.7. The highest BCUT2D eigenvalue weighted by molar-refractivity contribution is 5.83. The lowest BCUT2D eigenvalue weighted by Crippen LogP contribution is -2.50. The normalized spacial score (nSPS) is 25.0. The molecule has 8 nitrogen and oxygen atoms in total. The first-order valence-corrected chi connectivity index (χ1v) is 9.58. The Morgan fingerprint density at radius 2 is 2.00 bits per heavy atom. The maximum atomic E-state index is 13.0. The van der Waals surface area contributed by atoms with Crippen LogP contribution in [0.15, 0.2) is 12.4 Å². The minimum absolute atomic E-state index is 0.265. The Hall–Kier alpha value is -2.22. The van der Waals surface area contributed by atoms with Gasteiger partial charge in [-0.25, -0.2) is 4.98 Å². The zero-order chi connectivity index (χ0) is 17.7. The highest BCUT2D eigenvalue weighted by Gasteiger charge is 2.58. The summed E-state index contributed by atoms with van der Waals surface area (Å²) < 4.78 is 1.79. The van der Waals surface area contributed by atoms with Gasteiger partial charge in [0.25, 0.3) is 5.78 Å². The third-order valence-electron chi connectivity index (χ3n) is 6.36. The van der Waals surface area contributed by atoms with Crippen molar-refractivity contribution in [3.05, 3.63) is 18.1 Å². The number of aryl methyl sites for hydroxylation is 1. The number of carbonyl (C=O) groups excluding carboxylic acids is 1. The smallest absolute Gasteiger partial charge is 0.254 e. The van der Waals surface area contributed by atoms with Crippen molar-refractivity contribution in [2.75, 3.05) is 44.2 Å². The molecule has 1 N–H and O–H groups in total. The van der Waals surface area contributed by atoms with Crippen LogP contribution in [0, 0.1) is 18.3 Å². The van der Waals surface area contributed by atoms with E-state index < -0.39 is 0 Å². The second-order valence-corrected chi connectivity index (χ2v) is 7.91. The molecule has 1 spiro atoms. The van der Waals surface area contributed by atoms with E-state index in [2.05, 4.69) is 30.2 Å². The van der Waals surface area contributed by atoms with Gasteiger partial charge in [0.2, 0.25) is 5.91 Å². The van der Waals surface area contributed by atoms with E-state index in [0.717, 1.165) is 70.0 Å². The summed E-state index contributed by atoms with van der Waals surface area (Å²) in [7, 11) is 0. The number of anilines is 1. The van der Waals surface area contributed by atoms with Gasteiger partial charge in [0, 0.05) is 43.9 Å². The maximum absolute atomic E-state index is 13.0. The highest BCUT2D eigenvalue weighted by Crippen LogP contribution is 2.59. The van der Waals surface area contributed by atoms with Crippen LogP contribution in [-0.4, -0.2) is 69.7 Å². The van der Waals surface area contributed by atoms with E-state index in [4.69, 9.17) is 0 Å². The van der Waals surface area contributed by atoms with E-state index in [-0.39, 0.29) is 5.92 Å². The summed E-state index contributed by atoms with van der Waals surface area (Å²) in [4.78, 5) is 25.9. The van der Waals surface area contributed by atoms with Gasteiger partial charge in [0.15, 0.2) is 0 Å². The minimum Gasteiger partial charge on any atom is -0.353 e. The van der Waals surface area contributed by atoms with Crippen LogP contribution < -0.4 is 10.2 Å². The number of nitrogens with one attached hydrogen (secondary N) is 1. The molecule has 1 atom stereocenters.